The van der Waals surface area contributed by atoms with Crippen LogP contribution in [0, 0.1) is 6.92 Å². The van der Waals surface area contributed by atoms with E-state index in [1.165, 1.54) is 6.92 Å². The van der Waals surface area contributed by atoms with Gasteiger partial charge in [0.25, 0.3) is 5.91 Å². The van der Waals surface area contributed by atoms with Crippen LogP contribution in [0.25, 0.3) is 5.65 Å². The van der Waals surface area contributed by atoms with Crippen molar-refractivity contribution in [3.63, 3.8) is 0 Å². The molecule has 10 heteroatoms. The number of hydrogen-bond acceptors (Lipinski definition) is 4. The van der Waals surface area contributed by atoms with Crippen molar-refractivity contribution in [1.29, 1.82) is 0 Å². The lowest BCUT2D eigenvalue weighted by Gasteiger charge is -2.34. The van der Waals surface area contributed by atoms with E-state index in [-0.39, 0.29) is 23.2 Å². The Labute approximate surface area is 171 Å². The van der Waals surface area contributed by atoms with E-state index in [0.29, 0.717) is 24.4 Å². The van der Waals surface area contributed by atoms with Crippen molar-refractivity contribution in [2.45, 2.75) is 58.2 Å². The molecule has 1 atom stereocenters. The number of halogens is 3. The fraction of sp³-hybridized carbons (Fsp3) is 0.500. The van der Waals surface area contributed by atoms with Gasteiger partial charge in [-0.15, -0.1) is 0 Å². The zero-order valence-corrected chi connectivity index (χ0v) is 17.0. The number of nitrogens with zero attached hydrogens (tertiary/aromatic N) is 5. The highest BCUT2D eigenvalue weighted by Gasteiger charge is 2.36. The van der Waals surface area contributed by atoms with Gasteiger partial charge < -0.3 is 4.90 Å². The molecule has 7 nitrogen and oxygen atoms in total. The van der Waals surface area contributed by atoms with Crippen molar-refractivity contribution in [3.05, 3.63) is 46.7 Å². The molecule has 1 fully saturated rings. The molecule has 0 spiro atoms. The van der Waals surface area contributed by atoms with Gasteiger partial charge in [0, 0.05) is 24.0 Å². The highest BCUT2D eigenvalue weighted by atomic mass is 19.4. The van der Waals surface area contributed by atoms with Crippen LogP contribution in [0.1, 0.15) is 78.3 Å². The van der Waals surface area contributed by atoms with Gasteiger partial charge in [-0.25, -0.2) is 9.50 Å². The summed E-state index contributed by atoms with van der Waals surface area (Å²) in [5.74, 6) is -0.0511. The number of alkyl halides is 3. The van der Waals surface area contributed by atoms with E-state index in [0.717, 1.165) is 29.1 Å². The minimum absolute atomic E-state index is 0.122. The molecule has 3 aromatic rings. The van der Waals surface area contributed by atoms with Crippen molar-refractivity contribution in [1.82, 2.24) is 29.7 Å². The Morgan fingerprint density at radius 3 is 2.67 bits per heavy atom. The highest BCUT2D eigenvalue weighted by molar-refractivity contribution is 5.92. The molecule has 1 N–H and O–H groups in total. The number of fused-ring (bicyclic) bond motifs is 1. The predicted molar refractivity (Wildman–Crippen MR) is 103 cm³/mol. The average molecular weight is 420 g/mol. The van der Waals surface area contributed by atoms with Crippen molar-refractivity contribution in [2.24, 2.45) is 0 Å². The summed E-state index contributed by atoms with van der Waals surface area (Å²) in [4.78, 5) is 19.0. The largest absolute Gasteiger partial charge is 0.433 e. The standard InChI is InChI=1S/C20H23F3N6O/c1-11(2)13-9-15(26-25-13)19(30)28-7-5-4-6-16(28)14-10-18-24-12(3)8-17(20(21,22)23)29(18)27-14/h8-11,16H,4-7H2,1-3H3,(H,25,26). The Balaban J connectivity index is 1.72. The third kappa shape index (κ3) is 3.66. The summed E-state index contributed by atoms with van der Waals surface area (Å²) in [6, 6.07) is 3.83. The van der Waals surface area contributed by atoms with Crippen LogP contribution in [-0.2, 0) is 6.18 Å². The fourth-order valence-corrected chi connectivity index (χ4v) is 3.85. The van der Waals surface area contributed by atoms with Crippen LogP contribution < -0.4 is 0 Å². The number of carbonyl (C=O) groups is 1. The monoisotopic (exact) mass is 420 g/mol. The van der Waals surface area contributed by atoms with Crippen LogP contribution >= 0.6 is 0 Å². The van der Waals surface area contributed by atoms with Crippen LogP contribution in [0.4, 0.5) is 13.2 Å². The van der Waals surface area contributed by atoms with E-state index >= 15 is 0 Å². The highest BCUT2D eigenvalue weighted by Crippen LogP contribution is 2.34. The van der Waals surface area contributed by atoms with Crippen LogP contribution in [0.5, 0.6) is 0 Å². The Kier molecular flexibility index (Phi) is 5.03. The van der Waals surface area contributed by atoms with Crippen molar-refractivity contribution in [3.8, 4) is 0 Å². The maximum absolute atomic E-state index is 13.5. The maximum Gasteiger partial charge on any atom is 0.433 e. The van der Waals surface area contributed by atoms with Gasteiger partial charge in [-0.3, -0.25) is 9.89 Å². The van der Waals surface area contributed by atoms with E-state index in [2.05, 4.69) is 20.3 Å². The number of carbonyl (C=O) groups excluding carboxylic acids is 1. The molecule has 1 aliphatic rings. The van der Waals surface area contributed by atoms with E-state index in [9.17, 15) is 18.0 Å². The summed E-state index contributed by atoms with van der Waals surface area (Å²) in [5.41, 5.74) is 1.08. The predicted octanol–water partition coefficient (Wildman–Crippen LogP) is 4.27. The third-order valence-electron chi connectivity index (χ3n) is 5.41. The van der Waals surface area contributed by atoms with Gasteiger partial charge in [-0.05, 0) is 44.2 Å². The molecule has 0 saturated carbocycles. The number of amides is 1. The molecule has 4 rings (SSSR count). The molecule has 0 radical (unpaired) electrons. The number of aromatic nitrogens is 5. The molecule has 0 aromatic carbocycles. The molecule has 160 valence electrons. The van der Waals surface area contributed by atoms with Gasteiger partial charge in [0.15, 0.2) is 5.65 Å². The SMILES string of the molecule is Cc1cc(C(F)(F)F)n2nc(C3CCCCN3C(=O)c3cc(C(C)C)[nH]n3)cc2n1. The molecule has 30 heavy (non-hydrogen) atoms. The van der Waals surface area contributed by atoms with Crippen molar-refractivity contribution >= 4 is 11.6 Å². The Hall–Kier alpha value is -2.91. The first-order valence-electron chi connectivity index (χ1n) is 9.96. The average Bonchev–Trinajstić information content (AvgIpc) is 3.33. The van der Waals surface area contributed by atoms with Gasteiger partial charge in [0.2, 0.25) is 0 Å². The van der Waals surface area contributed by atoms with Gasteiger partial charge in [-0.1, -0.05) is 13.8 Å². The van der Waals surface area contributed by atoms with Crippen LogP contribution in [0.2, 0.25) is 0 Å². The Morgan fingerprint density at radius 2 is 2.00 bits per heavy atom. The summed E-state index contributed by atoms with van der Waals surface area (Å²) in [6.45, 7) is 6.01. The second-order valence-electron chi connectivity index (χ2n) is 7.99. The maximum atomic E-state index is 13.5. The van der Waals surface area contributed by atoms with E-state index in [4.69, 9.17) is 0 Å². The summed E-state index contributed by atoms with van der Waals surface area (Å²) < 4.78 is 41.3. The van der Waals surface area contributed by atoms with Crippen LogP contribution in [-0.4, -0.2) is 42.1 Å². The first-order valence-corrected chi connectivity index (χ1v) is 9.96. The summed E-state index contributed by atoms with van der Waals surface area (Å²) in [5, 5.41) is 11.2. The number of nitrogens with one attached hydrogen (secondary N) is 1. The van der Waals surface area contributed by atoms with E-state index in [1.54, 1.807) is 17.0 Å². The molecule has 1 saturated heterocycles. The lowest BCUT2D eigenvalue weighted by atomic mass is 9.99. The smallest absolute Gasteiger partial charge is 0.329 e. The number of piperidine rings is 1. The lowest BCUT2D eigenvalue weighted by Crippen LogP contribution is -2.39. The third-order valence-corrected chi connectivity index (χ3v) is 5.41. The van der Waals surface area contributed by atoms with E-state index < -0.39 is 17.9 Å². The number of hydrogen-bond donors (Lipinski definition) is 1. The zero-order chi connectivity index (χ0) is 21.6. The molecule has 1 amide bonds. The number of aryl methyl sites for hydroxylation is 1. The molecular formula is C20H23F3N6O. The number of likely N-dealkylation sites (tertiary alicyclic amines) is 1. The van der Waals surface area contributed by atoms with Gasteiger partial charge in [0.1, 0.15) is 11.4 Å². The van der Waals surface area contributed by atoms with Crippen molar-refractivity contribution < 1.29 is 18.0 Å². The Bertz CT molecular complexity index is 1080. The fourth-order valence-electron chi connectivity index (χ4n) is 3.85. The first-order chi connectivity index (χ1) is 14.1. The lowest BCUT2D eigenvalue weighted by molar-refractivity contribution is -0.142. The molecular weight excluding hydrogens is 397 g/mol. The van der Waals surface area contributed by atoms with Gasteiger partial charge in [-0.2, -0.15) is 23.4 Å². The zero-order valence-electron chi connectivity index (χ0n) is 17.0. The van der Waals surface area contributed by atoms with Gasteiger partial charge >= 0.3 is 6.18 Å². The first kappa shape index (κ1) is 20.4. The summed E-state index contributed by atoms with van der Waals surface area (Å²) >= 11 is 0. The van der Waals surface area contributed by atoms with Crippen molar-refractivity contribution in [2.75, 3.05) is 6.54 Å². The second-order valence-corrected chi connectivity index (χ2v) is 7.99. The number of rotatable bonds is 3. The molecule has 3 aromatic heterocycles. The summed E-state index contributed by atoms with van der Waals surface area (Å²) in [7, 11) is 0. The quantitative estimate of drug-likeness (QED) is 0.686. The summed E-state index contributed by atoms with van der Waals surface area (Å²) in [6.07, 6.45) is -2.25. The molecule has 1 aliphatic heterocycles. The number of H-pyrrole nitrogens is 1. The number of aromatic amines is 1. The van der Waals surface area contributed by atoms with Crippen LogP contribution in [0.3, 0.4) is 0 Å². The van der Waals surface area contributed by atoms with Crippen LogP contribution in [0.15, 0.2) is 18.2 Å². The molecule has 4 heterocycles. The Morgan fingerprint density at radius 1 is 1.23 bits per heavy atom. The minimum Gasteiger partial charge on any atom is -0.329 e. The van der Waals surface area contributed by atoms with E-state index in [1.807, 2.05) is 13.8 Å². The van der Waals surface area contributed by atoms with Gasteiger partial charge in [0.05, 0.1) is 11.7 Å². The molecule has 0 bridgehead atoms. The molecule has 1 unspecified atom stereocenters. The second kappa shape index (κ2) is 7.41. The molecule has 0 aliphatic carbocycles. The topological polar surface area (TPSA) is 79.2 Å². The normalized spacial score (nSPS) is 17.8. The minimum atomic E-state index is -4.56.